The van der Waals surface area contributed by atoms with Gasteiger partial charge in [-0.1, -0.05) is 12.1 Å². The van der Waals surface area contributed by atoms with E-state index >= 15 is 0 Å². The minimum absolute atomic E-state index is 0.197. The summed E-state index contributed by atoms with van der Waals surface area (Å²) in [5, 5.41) is 6.78. The Kier molecular flexibility index (Phi) is 2.69. The second-order valence-corrected chi connectivity index (χ2v) is 4.77. The largest absolute Gasteiger partial charge is 0.282 e. The molecule has 0 atom stereocenters. The molecule has 1 heterocycles. The lowest BCUT2D eigenvalue weighted by molar-refractivity contribution is 0.578. The monoisotopic (exact) mass is 209 g/mol. The average molecular weight is 210 g/mol. The minimum atomic E-state index is -3.72. The van der Waals surface area contributed by atoms with Gasteiger partial charge in [-0.3, -0.25) is 4.68 Å². The Balaban J connectivity index is 2.92. The Bertz CT molecular complexity index is 359. The maximum Gasteiger partial charge on any atom is 0.282 e. The molecule has 0 saturated heterocycles. The van der Waals surface area contributed by atoms with Crippen molar-refractivity contribution in [3.63, 3.8) is 0 Å². The van der Waals surface area contributed by atoms with Crippen LogP contribution in [-0.4, -0.2) is 23.4 Å². The van der Waals surface area contributed by atoms with Crippen molar-refractivity contribution in [2.45, 2.75) is 24.9 Å². The van der Waals surface area contributed by atoms with Crippen LogP contribution in [0.2, 0.25) is 0 Å². The molecule has 0 aliphatic carbocycles. The third-order valence-electron chi connectivity index (χ3n) is 1.22. The van der Waals surface area contributed by atoms with Gasteiger partial charge in [-0.15, -0.1) is 5.10 Å². The van der Waals surface area contributed by atoms with Gasteiger partial charge < -0.3 is 0 Å². The van der Waals surface area contributed by atoms with Crippen molar-refractivity contribution in [1.82, 2.24) is 15.0 Å². The topological polar surface area (TPSA) is 64.8 Å². The lowest BCUT2D eigenvalue weighted by Crippen LogP contribution is -1.96. The zero-order chi connectivity index (χ0) is 9.19. The molecule has 0 radical (unpaired) electrons. The van der Waals surface area contributed by atoms with Crippen molar-refractivity contribution >= 4 is 19.7 Å². The molecular formula is C5H8ClN3O2S. The maximum atomic E-state index is 10.7. The Hall–Kier alpha value is -0.620. The minimum Gasteiger partial charge on any atom is -0.251 e. The Morgan fingerprint density at radius 1 is 1.67 bits per heavy atom. The van der Waals surface area contributed by atoms with Crippen LogP contribution in [0.1, 0.15) is 13.3 Å². The molecule has 1 rings (SSSR count). The number of hydrogen-bond donors (Lipinski definition) is 0. The van der Waals surface area contributed by atoms with Crippen LogP contribution in [0.5, 0.6) is 0 Å². The summed E-state index contributed by atoms with van der Waals surface area (Å²) >= 11 is 0. The van der Waals surface area contributed by atoms with Crippen molar-refractivity contribution < 1.29 is 8.42 Å². The summed E-state index contributed by atoms with van der Waals surface area (Å²) in [7, 11) is 1.31. The number of hydrogen-bond acceptors (Lipinski definition) is 4. The molecule has 68 valence electrons. The molecule has 1 aromatic rings. The molecule has 12 heavy (non-hydrogen) atoms. The first kappa shape index (κ1) is 9.47. The first-order valence-electron chi connectivity index (χ1n) is 3.39. The number of aromatic nitrogens is 3. The third-order valence-corrected chi connectivity index (χ3v) is 2.38. The number of aryl methyl sites for hydroxylation is 1. The van der Waals surface area contributed by atoms with Gasteiger partial charge in [0.05, 0.1) is 6.20 Å². The Morgan fingerprint density at radius 3 is 2.75 bits per heavy atom. The van der Waals surface area contributed by atoms with Gasteiger partial charge in [0.1, 0.15) is 0 Å². The fourth-order valence-corrected chi connectivity index (χ4v) is 1.32. The maximum absolute atomic E-state index is 10.7. The molecule has 0 unspecified atom stereocenters. The van der Waals surface area contributed by atoms with Crippen molar-refractivity contribution in [3.8, 4) is 0 Å². The first-order chi connectivity index (χ1) is 5.54. The molecule has 7 heteroatoms. The van der Waals surface area contributed by atoms with Crippen LogP contribution in [-0.2, 0) is 15.6 Å². The van der Waals surface area contributed by atoms with Gasteiger partial charge in [-0.25, -0.2) is 8.42 Å². The van der Waals surface area contributed by atoms with Gasteiger partial charge >= 0.3 is 0 Å². The SMILES string of the molecule is CCCn1cc(S(=O)(=O)Cl)nn1. The molecule has 0 aliphatic heterocycles. The van der Waals surface area contributed by atoms with Crippen molar-refractivity contribution in [2.24, 2.45) is 0 Å². The Labute approximate surface area is 74.8 Å². The molecule has 5 nitrogen and oxygen atoms in total. The van der Waals surface area contributed by atoms with Crippen molar-refractivity contribution in [2.75, 3.05) is 0 Å². The highest BCUT2D eigenvalue weighted by Gasteiger charge is 2.14. The molecule has 0 aromatic carbocycles. The van der Waals surface area contributed by atoms with E-state index in [-0.39, 0.29) is 5.03 Å². The zero-order valence-corrected chi connectivity index (χ0v) is 8.01. The van der Waals surface area contributed by atoms with Crippen LogP contribution in [0.3, 0.4) is 0 Å². The highest BCUT2D eigenvalue weighted by atomic mass is 35.7. The highest BCUT2D eigenvalue weighted by Crippen LogP contribution is 2.09. The Morgan fingerprint density at radius 2 is 2.33 bits per heavy atom. The van der Waals surface area contributed by atoms with Gasteiger partial charge in [0, 0.05) is 17.2 Å². The normalized spacial score (nSPS) is 11.8. The zero-order valence-electron chi connectivity index (χ0n) is 6.44. The van der Waals surface area contributed by atoms with E-state index in [0.29, 0.717) is 6.54 Å². The van der Waals surface area contributed by atoms with Crippen LogP contribution in [0, 0.1) is 0 Å². The first-order valence-corrected chi connectivity index (χ1v) is 5.69. The van der Waals surface area contributed by atoms with E-state index < -0.39 is 9.05 Å². The number of halogens is 1. The molecular weight excluding hydrogens is 202 g/mol. The molecule has 0 spiro atoms. The molecule has 0 saturated carbocycles. The summed E-state index contributed by atoms with van der Waals surface area (Å²) in [4.78, 5) is 0. The van der Waals surface area contributed by atoms with E-state index in [1.165, 1.54) is 10.9 Å². The molecule has 0 aliphatic rings. The fourth-order valence-electron chi connectivity index (χ4n) is 0.731. The average Bonchev–Trinajstić information content (AvgIpc) is 2.35. The van der Waals surface area contributed by atoms with Crippen molar-refractivity contribution in [3.05, 3.63) is 6.20 Å². The summed E-state index contributed by atoms with van der Waals surface area (Å²) in [5.41, 5.74) is 0. The van der Waals surface area contributed by atoms with Crippen LogP contribution < -0.4 is 0 Å². The summed E-state index contributed by atoms with van der Waals surface area (Å²) in [5.74, 6) is 0. The predicted octanol–water partition coefficient (Wildman–Crippen LogP) is 0.616. The van der Waals surface area contributed by atoms with Gasteiger partial charge in [0.15, 0.2) is 0 Å². The standard InChI is InChI=1S/C5H8ClN3O2S/c1-2-3-9-4-5(7-8-9)12(6,10)11/h4H,2-3H2,1H3. The van der Waals surface area contributed by atoms with Gasteiger partial charge in [0.2, 0.25) is 5.03 Å². The second kappa shape index (κ2) is 3.40. The van der Waals surface area contributed by atoms with E-state index in [2.05, 4.69) is 10.3 Å². The van der Waals surface area contributed by atoms with Crippen LogP contribution >= 0.6 is 10.7 Å². The molecule has 0 N–H and O–H groups in total. The van der Waals surface area contributed by atoms with Gasteiger partial charge in [-0.05, 0) is 6.42 Å². The quantitative estimate of drug-likeness (QED) is 0.685. The summed E-state index contributed by atoms with van der Waals surface area (Å²) in [6, 6.07) is 0. The third kappa shape index (κ3) is 2.18. The van der Waals surface area contributed by atoms with E-state index in [9.17, 15) is 8.42 Å². The summed E-state index contributed by atoms with van der Waals surface area (Å²) in [6.07, 6.45) is 2.18. The van der Waals surface area contributed by atoms with Gasteiger partial charge in [-0.2, -0.15) is 0 Å². The van der Waals surface area contributed by atoms with E-state index in [0.717, 1.165) is 6.42 Å². The van der Waals surface area contributed by atoms with Gasteiger partial charge in [0.25, 0.3) is 9.05 Å². The lowest BCUT2D eigenvalue weighted by atomic mass is 10.5. The predicted molar refractivity (Wildman–Crippen MR) is 43.4 cm³/mol. The molecule has 0 fully saturated rings. The van der Waals surface area contributed by atoms with Crippen LogP contribution in [0.15, 0.2) is 11.2 Å². The summed E-state index contributed by atoms with van der Waals surface area (Å²) in [6.45, 7) is 2.59. The second-order valence-electron chi connectivity index (χ2n) is 2.26. The van der Waals surface area contributed by atoms with E-state index in [1.807, 2.05) is 6.92 Å². The molecule has 0 amide bonds. The smallest absolute Gasteiger partial charge is 0.251 e. The lowest BCUT2D eigenvalue weighted by Gasteiger charge is -1.91. The van der Waals surface area contributed by atoms with Crippen LogP contribution in [0.25, 0.3) is 0 Å². The number of nitrogens with zero attached hydrogens (tertiary/aromatic N) is 3. The summed E-state index contributed by atoms with van der Waals surface area (Å²) < 4.78 is 22.8. The van der Waals surface area contributed by atoms with E-state index in [4.69, 9.17) is 10.7 Å². The van der Waals surface area contributed by atoms with Crippen LogP contribution in [0.4, 0.5) is 0 Å². The van der Waals surface area contributed by atoms with Crippen molar-refractivity contribution in [1.29, 1.82) is 0 Å². The molecule has 0 bridgehead atoms. The number of rotatable bonds is 3. The highest BCUT2D eigenvalue weighted by molar-refractivity contribution is 8.13. The molecule has 1 aromatic heterocycles. The van der Waals surface area contributed by atoms with E-state index in [1.54, 1.807) is 0 Å². The fraction of sp³-hybridized carbons (Fsp3) is 0.600.